The summed E-state index contributed by atoms with van der Waals surface area (Å²) in [4.78, 5) is 11.1. The van der Waals surface area contributed by atoms with Gasteiger partial charge in [0.15, 0.2) is 0 Å². The smallest absolute Gasteiger partial charge is 0.264 e. The van der Waals surface area contributed by atoms with Crippen LogP contribution in [0.3, 0.4) is 0 Å². The molecule has 2 rings (SSSR count). The van der Waals surface area contributed by atoms with Gasteiger partial charge in [-0.3, -0.25) is 4.55 Å². The lowest BCUT2D eigenvalue weighted by molar-refractivity contribution is -0.309. The van der Waals surface area contributed by atoms with Crippen molar-refractivity contribution in [3.63, 3.8) is 0 Å². The minimum absolute atomic E-state index is 0.280. The summed E-state index contributed by atoms with van der Waals surface area (Å²) in [6, 6.07) is 6.67. The van der Waals surface area contributed by atoms with Crippen LogP contribution in [0.1, 0.15) is 19.4 Å². The molecule has 1 aromatic heterocycles. The van der Waals surface area contributed by atoms with Crippen LogP contribution < -0.4 is 5.11 Å². The minimum Gasteiger partial charge on any atom is -0.548 e. The van der Waals surface area contributed by atoms with Crippen LogP contribution in [-0.2, 0) is 14.9 Å². The summed E-state index contributed by atoms with van der Waals surface area (Å²) >= 11 is 1.37. The van der Waals surface area contributed by atoms with E-state index in [1.54, 1.807) is 10.8 Å². The zero-order valence-electron chi connectivity index (χ0n) is 11.9. The van der Waals surface area contributed by atoms with Gasteiger partial charge in [-0.25, -0.2) is 0 Å². The van der Waals surface area contributed by atoms with Crippen molar-refractivity contribution in [2.45, 2.75) is 24.4 Å². The molecule has 0 saturated heterocycles. The molecule has 8 heteroatoms. The highest BCUT2D eigenvalue weighted by Gasteiger charge is 2.15. The molecule has 6 nitrogen and oxygen atoms in total. The number of fused-ring (bicyclic) bond motifs is 1. The highest BCUT2D eigenvalue weighted by Crippen LogP contribution is 2.32. The van der Waals surface area contributed by atoms with Gasteiger partial charge < -0.3 is 14.5 Å². The Morgan fingerprint density at radius 2 is 2.09 bits per heavy atom. The van der Waals surface area contributed by atoms with Crippen molar-refractivity contribution in [1.82, 2.24) is 4.57 Å². The number of carbonyl (C=O) groups is 1. The SMILES string of the molecule is C[C@@H](C(=O)[O-])n1cc2ccccc2c1SCCCS(=O)(=O)O. The number of thioether (sulfide) groups is 1. The minimum atomic E-state index is -3.97. The number of rotatable bonds is 7. The van der Waals surface area contributed by atoms with Crippen LogP contribution in [0.15, 0.2) is 35.5 Å². The second kappa shape index (κ2) is 6.72. The summed E-state index contributed by atoms with van der Waals surface area (Å²) in [5.41, 5.74) is 0. The maximum absolute atomic E-state index is 11.1. The number of carbonyl (C=O) groups excluding carboxylic acids is 1. The van der Waals surface area contributed by atoms with Gasteiger partial charge in [0.1, 0.15) is 0 Å². The highest BCUT2D eigenvalue weighted by atomic mass is 32.2. The van der Waals surface area contributed by atoms with E-state index >= 15 is 0 Å². The van der Waals surface area contributed by atoms with Crippen molar-refractivity contribution in [3.8, 4) is 0 Å². The van der Waals surface area contributed by atoms with E-state index in [1.807, 2.05) is 24.3 Å². The Morgan fingerprint density at radius 1 is 1.41 bits per heavy atom. The maximum Gasteiger partial charge on any atom is 0.264 e. The summed E-state index contributed by atoms with van der Waals surface area (Å²) in [5.74, 6) is -1.04. The van der Waals surface area contributed by atoms with Gasteiger partial charge in [0.05, 0.1) is 22.8 Å². The normalized spacial score (nSPS) is 13.4. The van der Waals surface area contributed by atoms with Gasteiger partial charge in [-0.15, -0.1) is 11.8 Å². The molecule has 22 heavy (non-hydrogen) atoms. The number of carboxylic acids is 1. The van der Waals surface area contributed by atoms with Crippen molar-refractivity contribution in [3.05, 3.63) is 30.5 Å². The Balaban J connectivity index is 2.25. The number of benzene rings is 1. The maximum atomic E-state index is 11.1. The van der Waals surface area contributed by atoms with E-state index in [4.69, 9.17) is 4.55 Å². The Labute approximate surface area is 132 Å². The van der Waals surface area contributed by atoms with Crippen LogP contribution in [-0.4, -0.2) is 35.0 Å². The number of aromatic nitrogens is 1. The average molecular weight is 342 g/mol. The molecule has 0 aliphatic carbocycles. The molecule has 120 valence electrons. The largest absolute Gasteiger partial charge is 0.548 e. The van der Waals surface area contributed by atoms with Crippen molar-refractivity contribution in [2.75, 3.05) is 11.5 Å². The molecule has 0 unspecified atom stereocenters. The second-order valence-corrected chi connectivity index (χ2v) is 7.57. The van der Waals surface area contributed by atoms with Crippen molar-refractivity contribution >= 4 is 38.6 Å². The lowest BCUT2D eigenvalue weighted by Crippen LogP contribution is -2.31. The Morgan fingerprint density at radius 3 is 2.73 bits per heavy atom. The van der Waals surface area contributed by atoms with Crippen molar-refractivity contribution < 1.29 is 22.9 Å². The van der Waals surface area contributed by atoms with Crippen LogP contribution in [0.25, 0.3) is 10.8 Å². The van der Waals surface area contributed by atoms with Crippen LogP contribution >= 0.6 is 11.8 Å². The monoisotopic (exact) mass is 342 g/mol. The first kappa shape index (κ1) is 16.9. The van der Waals surface area contributed by atoms with Gasteiger partial charge in [0.2, 0.25) is 0 Å². The molecule has 1 aromatic carbocycles. The van der Waals surface area contributed by atoms with E-state index < -0.39 is 22.1 Å². The van der Waals surface area contributed by atoms with Crippen molar-refractivity contribution in [2.24, 2.45) is 0 Å². The summed E-state index contributed by atoms with van der Waals surface area (Å²) < 4.78 is 31.8. The summed E-state index contributed by atoms with van der Waals surface area (Å²) in [6.07, 6.45) is 2.03. The third kappa shape index (κ3) is 4.02. The third-order valence-electron chi connectivity index (χ3n) is 3.25. The first-order valence-corrected chi connectivity index (χ1v) is 9.27. The van der Waals surface area contributed by atoms with Gasteiger partial charge in [-0.1, -0.05) is 24.3 Å². The summed E-state index contributed by atoms with van der Waals surface area (Å²) in [5, 5.41) is 13.7. The number of hydrogen-bond acceptors (Lipinski definition) is 5. The molecule has 0 amide bonds. The number of aliphatic carboxylic acids is 1. The fourth-order valence-electron chi connectivity index (χ4n) is 2.12. The van der Waals surface area contributed by atoms with Gasteiger partial charge in [-0.2, -0.15) is 8.42 Å². The molecule has 0 radical (unpaired) electrons. The predicted octanol–water partition coefficient (Wildman–Crippen LogP) is 1.32. The highest BCUT2D eigenvalue weighted by molar-refractivity contribution is 7.99. The van der Waals surface area contributed by atoms with Gasteiger partial charge in [0.25, 0.3) is 10.1 Å². The topological polar surface area (TPSA) is 99.4 Å². The van der Waals surface area contributed by atoms with E-state index in [1.165, 1.54) is 18.7 Å². The van der Waals surface area contributed by atoms with Crippen LogP contribution in [0.4, 0.5) is 0 Å². The van der Waals surface area contributed by atoms with Crippen LogP contribution in [0.2, 0.25) is 0 Å². The van der Waals surface area contributed by atoms with Gasteiger partial charge in [0, 0.05) is 22.7 Å². The number of nitrogens with zero attached hydrogens (tertiary/aromatic N) is 1. The molecule has 0 aliphatic heterocycles. The second-order valence-electron chi connectivity index (χ2n) is 4.91. The Hall–Kier alpha value is -1.51. The van der Waals surface area contributed by atoms with E-state index in [0.29, 0.717) is 5.75 Å². The molecular formula is C14H16NO5S2-. The lowest BCUT2D eigenvalue weighted by atomic mass is 10.2. The molecule has 2 aromatic rings. The van der Waals surface area contributed by atoms with Gasteiger partial charge >= 0.3 is 0 Å². The van der Waals surface area contributed by atoms with E-state index in [-0.39, 0.29) is 12.2 Å². The Kier molecular flexibility index (Phi) is 5.15. The molecule has 0 bridgehead atoms. The summed E-state index contributed by atoms with van der Waals surface area (Å²) in [6.45, 7) is 1.54. The molecule has 0 aliphatic rings. The standard InChI is InChI=1S/C14H17NO5S2/c1-10(14(16)17)15-9-11-5-2-3-6-12(11)13(15)21-7-4-8-22(18,19)20/h2-3,5-6,9-10H,4,7-8H2,1H3,(H,16,17)(H,18,19,20)/p-1/t10-/m0/s1. The quantitative estimate of drug-likeness (QED) is 0.463. The zero-order chi connectivity index (χ0) is 16.3. The van der Waals surface area contributed by atoms with Crippen LogP contribution in [0.5, 0.6) is 0 Å². The van der Waals surface area contributed by atoms with E-state index in [0.717, 1.165) is 15.8 Å². The number of carboxylic acid groups (broad SMARTS) is 1. The predicted molar refractivity (Wildman–Crippen MR) is 83.4 cm³/mol. The molecule has 0 spiro atoms. The Bertz CT molecular complexity index is 782. The van der Waals surface area contributed by atoms with E-state index in [2.05, 4.69) is 0 Å². The van der Waals surface area contributed by atoms with E-state index in [9.17, 15) is 18.3 Å². The molecule has 1 heterocycles. The zero-order valence-corrected chi connectivity index (χ0v) is 13.6. The molecule has 1 atom stereocenters. The number of hydrogen-bond donors (Lipinski definition) is 1. The van der Waals surface area contributed by atoms with Crippen molar-refractivity contribution in [1.29, 1.82) is 0 Å². The third-order valence-corrected chi connectivity index (χ3v) is 5.25. The molecule has 0 fully saturated rings. The fraction of sp³-hybridized carbons (Fsp3) is 0.357. The summed E-state index contributed by atoms with van der Waals surface area (Å²) in [7, 11) is -3.97. The fourth-order valence-corrected chi connectivity index (χ4v) is 3.99. The first-order chi connectivity index (χ1) is 10.3. The molecule has 1 N–H and O–H groups in total. The first-order valence-electron chi connectivity index (χ1n) is 6.68. The molecular weight excluding hydrogens is 326 g/mol. The van der Waals surface area contributed by atoms with Gasteiger partial charge in [-0.05, 0) is 13.3 Å². The van der Waals surface area contributed by atoms with Crippen LogP contribution in [0, 0.1) is 0 Å². The molecule has 0 saturated carbocycles. The average Bonchev–Trinajstić information content (AvgIpc) is 2.80. The lowest BCUT2D eigenvalue weighted by Gasteiger charge is -2.18.